The molecule has 7 heteroatoms. The van der Waals surface area contributed by atoms with Crippen LogP contribution >= 0.6 is 0 Å². The van der Waals surface area contributed by atoms with Crippen molar-refractivity contribution in [1.82, 2.24) is 5.32 Å². The molecule has 23 heavy (non-hydrogen) atoms. The van der Waals surface area contributed by atoms with Crippen molar-refractivity contribution in [3.05, 3.63) is 24.3 Å². The highest BCUT2D eigenvalue weighted by molar-refractivity contribution is 5.94. The number of aromatic hydroxyl groups is 1. The predicted octanol–water partition coefficient (Wildman–Crippen LogP) is 1.28. The van der Waals surface area contributed by atoms with Crippen molar-refractivity contribution in [2.45, 2.75) is 38.1 Å². The molecule has 6 N–H and O–H groups in total. The molecule has 7 nitrogen and oxygen atoms in total. The van der Waals surface area contributed by atoms with Gasteiger partial charge in [0.2, 0.25) is 5.91 Å². The van der Waals surface area contributed by atoms with E-state index in [0.29, 0.717) is 18.8 Å². The first-order valence-corrected chi connectivity index (χ1v) is 7.78. The molecule has 0 saturated carbocycles. The Labute approximate surface area is 135 Å². The number of hydrogen-bond donors (Lipinski definition) is 5. The number of phenols is 1. The maximum atomic E-state index is 11.9. The van der Waals surface area contributed by atoms with E-state index in [-0.39, 0.29) is 12.2 Å². The van der Waals surface area contributed by atoms with Crippen LogP contribution in [0.4, 0.5) is 5.69 Å². The molecule has 1 rings (SSSR count). The topological polar surface area (TPSA) is 125 Å². The standard InChI is InChI=1S/C16H25N3O4/c17-9-3-1-2-4-10-18-14(16(22)23)11-15(21)19-12-5-7-13(20)8-6-12/h5-8,14,18,20H,1-4,9-11,17H2,(H,19,21)(H,22,23)/t14-/m0/s1. The first kappa shape index (κ1) is 18.9. The maximum absolute atomic E-state index is 11.9. The van der Waals surface area contributed by atoms with Crippen LogP contribution in [0.15, 0.2) is 24.3 Å². The Bertz CT molecular complexity index is 491. The highest BCUT2D eigenvalue weighted by Crippen LogP contribution is 2.14. The number of aliphatic carboxylic acids is 1. The number of carbonyl (C=O) groups excluding carboxylic acids is 1. The minimum Gasteiger partial charge on any atom is -0.508 e. The third-order valence-electron chi connectivity index (χ3n) is 3.36. The van der Waals surface area contributed by atoms with E-state index in [1.807, 2.05) is 0 Å². The predicted molar refractivity (Wildman–Crippen MR) is 88.3 cm³/mol. The molecule has 0 fully saturated rings. The van der Waals surface area contributed by atoms with E-state index in [1.54, 1.807) is 12.1 Å². The highest BCUT2D eigenvalue weighted by atomic mass is 16.4. The Morgan fingerprint density at radius 2 is 1.74 bits per heavy atom. The smallest absolute Gasteiger partial charge is 0.321 e. The number of benzene rings is 1. The average Bonchev–Trinajstić information content (AvgIpc) is 2.51. The number of nitrogens with one attached hydrogen (secondary N) is 2. The van der Waals surface area contributed by atoms with Crippen molar-refractivity contribution in [1.29, 1.82) is 0 Å². The summed E-state index contributed by atoms with van der Waals surface area (Å²) in [4.78, 5) is 23.1. The van der Waals surface area contributed by atoms with E-state index in [4.69, 9.17) is 5.73 Å². The molecule has 0 bridgehead atoms. The van der Waals surface area contributed by atoms with Gasteiger partial charge in [0.05, 0.1) is 6.42 Å². The molecule has 0 aromatic heterocycles. The summed E-state index contributed by atoms with van der Waals surface area (Å²) in [6.07, 6.45) is 3.67. The molecular formula is C16H25N3O4. The molecule has 0 aliphatic carbocycles. The summed E-state index contributed by atoms with van der Waals surface area (Å²) in [5.41, 5.74) is 5.92. The number of carbonyl (C=O) groups is 2. The summed E-state index contributed by atoms with van der Waals surface area (Å²) in [7, 11) is 0. The minimum absolute atomic E-state index is 0.0997. The zero-order valence-electron chi connectivity index (χ0n) is 13.1. The van der Waals surface area contributed by atoms with Gasteiger partial charge in [-0.2, -0.15) is 0 Å². The van der Waals surface area contributed by atoms with Crippen molar-refractivity contribution >= 4 is 17.6 Å². The monoisotopic (exact) mass is 323 g/mol. The van der Waals surface area contributed by atoms with E-state index >= 15 is 0 Å². The molecule has 128 valence electrons. The lowest BCUT2D eigenvalue weighted by atomic mass is 10.1. The summed E-state index contributed by atoms with van der Waals surface area (Å²) >= 11 is 0. The largest absolute Gasteiger partial charge is 0.508 e. The van der Waals surface area contributed by atoms with E-state index in [0.717, 1.165) is 25.7 Å². The number of phenolic OH excluding ortho intramolecular Hbond substituents is 1. The van der Waals surface area contributed by atoms with Crippen molar-refractivity contribution in [3.63, 3.8) is 0 Å². The second-order valence-corrected chi connectivity index (χ2v) is 5.35. The fourth-order valence-corrected chi connectivity index (χ4v) is 2.09. The van der Waals surface area contributed by atoms with Gasteiger partial charge < -0.3 is 26.6 Å². The minimum atomic E-state index is -1.05. The van der Waals surface area contributed by atoms with Crippen molar-refractivity contribution in [2.75, 3.05) is 18.4 Å². The van der Waals surface area contributed by atoms with E-state index in [1.165, 1.54) is 12.1 Å². The molecule has 1 atom stereocenters. The Morgan fingerprint density at radius 3 is 2.35 bits per heavy atom. The number of nitrogens with two attached hydrogens (primary N) is 1. The Balaban J connectivity index is 2.35. The molecule has 1 aromatic carbocycles. The zero-order valence-corrected chi connectivity index (χ0v) is 13.1. The van der Waals surface area contributed by atoms with Gasteiger partial charge in [-0.25, -0.2) is 0 Å². The first-order chi connectivity index (χ1) is 11.0. The molecule has 0 spiro atoms. The average molecular weight is 323 g/mol. The number of anilines is 1. The van der Waals surface area contributed by atoms with Gasteiger partial charge in [-0.3, -0.25) is 9.59 Å². The third kappa shape index (κ3) is 8.18. The lowest BCUT2D eigenvalue weighted by Crippen LogP contribution is -2.40. The Morgan fingerprint density at radius 1 is 1.09 bits per heavy atom. The van der Waals surface area contributed by atoms with Gasteiger partial charge in [-0.15, -0.1) is 0 Å². The number of unbranched alkanes of at least 4 members (excludes halogenated alkanes) is 3. The summed E-state index contributed by atoms with van der Waals surface area (Å²) in [5, 5.41) is 23.8. The van der Waals surface area contributed by atoms with Gasteiger partial charge in [-0.1, -0.05) is 12.8 Å². The van der Waals surface area contributed by atoms with Crippen LogP contribution in [0.2, 0.25) is 0 Å². The van der Waals surface area contributed by atoms with E-state index in [2.05, 4.69) is 10.6 Å². The molecule has 0 aliphatic rings. The second kappa shape index (κ2) is 10.6. The van der Waals surface area contributed by atoms with Crippen LogP contribution in [0, 0.1) is 0 Å². The van der Waals surface area contributed by atoms with Gasteiger partial charge in [0.1, 0.15) is 11.8 Å². The van der Waals surface area contributed by atoms with Gasteiger partial charge in [-0.05, 0) is 50.2 Å². The van der Waals surface area contributed by atoms with Crippen molar-refractivity contribution < 1.29 is 19.8 Å². The summed E-state index contributed by atoms with van der Waals surface area (Å²) in [6, 6.07) is 5.08. The third-order valence-corrected chi connectivity index (χ3v) is 3.36. The fourth-order valence-electron chi connectivity index (χ4n) is 2.09. The maximum Gasteiger partial charge on any atom is 0.321 e. The van der Waals surface area contributed by atoms with Crippen LogP contribution in [0.3, 0.4) is 0 Å². The molecule has 1 amide bonds. The fraction of sp³-hybridized carbons (Fsp3) is 0.500. The molecular weight excluding hydrogens is 298 g/mol. The summed E-state index contributed by atoms with van der Waals surface area (Å²) < 4.78 is 0. The second-order valence-electron chi connectivity index (χ2n) is 5.35. The van der Waals surface area contributed by atoms with Crippen LogP contribution in [0.5, 0.6) is 5.75 Å². The normalized spacial score (nSPS) is 11.9. The highest BCUT2D eigenvalue weighted by Gasteiger charge is 2.20. The Kier molecular flexibility index (Phi) is 8.71. The molecule has 0 saturated heterocycles. The molecule has 0 radical (unpaired) electrons. The van der Waals surface area contributed by atoms with Crippen LogP contribution in [-0.2, 0) is 9.59 Å². The lowest BCUT2D eigenvalue weighted by molar-refractivity contribution is -0.141. The molecule has 0 unspecified atom stereocenters. The molecule has 1 aromatic rings. The van der Waals surface area contributed by atoms with Gasteiger partial charge >= 0.3 is 5.97 Å². The van der Waals surface area contributed by atoms with Crippen molar-refractivity contribution in [3.8, 4) is 5.75 Å². The number of carboxylic acids is 1. The zero-order chi connectivity index (χ0) is 17.1. The van der Waals surface area contributed by atoms with Gasteiger partial charge in [0, 0.05) is 5.69 Å². The summed E-state index contributed by atoms with van der Waals surface area (Å²) in [5.74, 6) is -1.34. The van der Waals surface area contributed by atoms with Crippen LogP contribution in [-0.4, -0.2) is 41.2 Å². The lowest BCUT2D eigenvalue weighted by Gasteiger charge is -2.14. The molecule has 0 aliphatic heterocycles. The van der Waals surface area contributed by atoms with Crippen molar-refractivity contribution in [2.24, 2.45) is 5.73 Å². The quantitative estimate of drug-likeness (QED) is 0.309. The molecule has 0 heterocycles. The SMILES string of the molecule is NCCCCCCN[C@@H](CC(=O)Nc1ccc(O)cc1)C(=O)O. The van der Waals surface area contributed by atoms with Crippen LogP contribution in [0.1, 0.15) is 32.1 Å². The van der Waals surface area contributed by atoms with E-state index in [9.17, 15) is 19.8 Å². The van der Waals surface area contributed by atoms with Crippen LogP contribution in [0.25, 0.3) is 0 Å². The number of carboxylic acid groups (broad SMARTS) is 1. The van der Waals surface area contributed by atoms with Gasteiger partial charge in [0.25, 0.3) is 0 Å². The number of rotatable bonds is 11. The Hall–Kier alpha value is -2.12. The first-order valence-electron chi connectivity index (χ1n) is 7.78. The summed E-state index contributed by atoms with van der Waals surface area (Å²) in [6.45, 7) is 1.22. The van der Waals surface area contributed by atoms with Gasteiger partial charge in [0.15, 0.2) is 0 Å². The number of hydrogen-bond acceptors (Lipinski definition) is 5. The number of amides is 1. The van der Waals surface area contributed by atoms with Crippen LogP contribution < -0.4 is 16.4 Å². The van der Waals surface area contributed by atoms with E-state index < -0.39 is 17.9 Å².